The van der Waals surface area contributed by atoms with Crippen LogP contribution >= 0.6 is 11.6 Å². The van der Waals surface area contributed by atoms with Crippen LogP contribution in [0.25, 0.3) is 11.3 Å². The fourth-order valence-electron chi connectivity index (χ4n) is 3.75. The molecule has 0 radical (unpaired) electrons. The van der Waals surface area contributed by atoms with Crippen molar-refractivity contribution in [2.75, 3.05) is 0 Å². The molecule has 1 heterocycles. The molecule has 0 unspecified atom stereocenters. The van der Waals surface area contributed by atoms with E-state index in [4.69, 9.17) is 22.1 Å². The molecule has 156 valence electrons. The average molecular weight is 429 g/mol. The Labute approximate surface area is 188 Å². The van der Waals surface area contributed by atoms with Crippen LogP contribution in [0.5, 0.6) is 11.5 Å². The van der Waals surface area contributed by atoms with E-state index in [1.54, 1.807) is 0 Å². The summed E-state index contributed by atoms with van der Waals surface area (Å²) in [5.41, 5.74) is 12.0. The van der Waals surface area contributed by atoms with E-state index in [-0.39, 0.29) is 0 Å². The van der Waals surface area contributed by atoms with Crippen LogP contribution in [0.4, 0.5) is 0 Å². The van der Waals surface area contributed by atoms with Crippen LogP contribution in [-0.4, -0.2) is 4.90 Å². The smallest absolute Gasteiger partial charge is 0.127 e. The molecule has 1 aliphatic rings. The lowest BCUT2D eigenvalue weighted by molar-refractivity contribution is 0.403. The summed E-state index contributed by atoms with van der Waals surface area (Å²) in [7, 11) is 0. The summed E-state index contributed by atoms with van der Waals surface area (Å²) < 4.78 is 5.89. The zero-order valence-corrected chi connectivity index (χ0v) is 18.3. The molecule has 0 aliphatic carbocycles. The highest BCUT2D eigenvalue weighted by atomic mass is 35.5. The minimum atomic E-state index is 0.732. The molecule has 0 saturated carbocycles. The molecule has 0 atom stereocenters. The van der Waals surface area contributed by atoms with Crippen LogP contribution in [0.3, 0.4) is 0 Å². The van der Waals surface area contributed by atoms with Gasteiger partial charge in [0.1, 0.15) is 11.5 Å². The second-order valence-electron chi connectivity index (χ2n) is 7.59. The lowest BCUT2D eigenvalue weighted by Gasteiger charge is -2.19. The van der Waals surface area contributed by atoms with Gasteiger partial charge in [-0.2, -0.15) is 0 Å². The van der Waals surface area contributed by atoms with Gasteiger partial charge in [0, 0.05) is 24.4 Å². The third-order valence-corrected chi connectivity index (χ3v) is 5.69. The molecule has 1 aliphatic heterocycles. The Morgan fingerprint density at radius 2 is 1.81 bits per heavy atom. The van der Waals surface area contributed by atoms with E-state index in [0.717, 1.165) is 52.0 Å². The number of allylic oxidation sites excluding steroid dienone is 3. The summed E-state index contributed by atoms with van der Waals surface area (Å²) in [6, 6.07) is 22.2. The highest BCUT2D eigenvalue weighted by Crippen LogP contribution is 2.39. The van der Waals surface area contributed by atoms with Crippen LogP contribution in [0.15, 0.2) is 91.7 Å². The van der Waals surface area contributed by atoms with Gasteiger partial charge in [0.25, 0.3) is 0 Å². The summed E-state index contributed by atoms with van der Waals surface area (Å²) >= 11 is 6.64. The predicted octanol–water partition coefficient (Wildman–Crippen LogP) is 6.99. The van der Waals surface area contributed by atoms with Gasteiger partial charge in [0.2, 0.25) is 0 Å². The third kappa shape index (κ3) is 4.68. The molecule has 4 heteroatoms. The van der Waals surface area contributed by atoms with Crippen molar-refractivity contribution < 1.29 is 4.74 Å². The number of nitrogens with two attached hydrogens (primary N) is 1. The SMILES string of the molecule is C=C1c2c(Cl)cc(/C(C)=C/C=C\N)cc2CN1Cc1ccc(Oc2ccccc2)cc1. The predicted molar refractivity (Wildman–Crippen MR) is 130 cm³/mol. The van der Waals surface area contributed by atoms with Crippen LogP contribution in [0.2, 0.25) is 5.02 Å². The number of rotatable bonds is 6. The molecule has 4 rings (SSSR count). The molecule has 0 amide bonds. The van der Waals surface area contributed by atoms with E-state index in [2.05, 4.69) is 36.6 Å². The summed E-state index contributed by atoms with van der Waals surface area (Å²) in [4.78, 5) is 2.26. The Bertz CT molecular complexity index is 1150. The number of para-hydroxylation sites is 1. The Hall–Kier alpha value is -3.43. The maximum Gasteiger partial charge on any atom is 0.127 e. The first-order valence-corrected chi connectivity index (χ1v) is 10.6. The molecular formula is C27H25ClN2O. The van der Waals surface area contributed by atoms with E-state index in [0.29, 0.717) is 0 Å². The van der Waals surface area contributed by atoms with Crippen molar-refractivity contribution in [2.45, 2.75) is 20.0 Å². The highest BCUT2D eigenvalue weighted by Gasteiger charge is 2.25. The fraction of sp³-hybridized carbons (Fsp3) is 0.111. The second-order valence-corrected chi connectivity index (χ2v) is 8.00. The van der Waals surface area contributed by atoms with E-state index in [1.165, 1.54) is 17.3 Å². The molecule has 0 fully saturated rings. The van der Waals surface area contributed by atoms with Gasteiger partial charge in [0.05, 0.1) is 5.02 Å². The van der Waals surface area contributed by atoms with Gasteiger partial charge in [0.15, 0.2) is 0 Å². The van der Waals surface area contributed by atoms with E-state index >= 15 is 0 Å². The molecular weight excluding hydrogens is 404 g/mol. The fourth-order valence-corrected chi connectivity index (χ4v) is 4.10. The number of hydrogen-bond acceptors (Lipinski definition) is 3. The van der Waals surface area contributed by atoms with Crippen molar-refractivity contribution in [1.29, 1.82) is 0 Å². The van der Waals surface area contributed by atoms with Crippen LogP contribution in [0, 0.1) is 0 Å². The Morgan fingerprint density at radius 3 is 2.52 bits per heavy atom. The zero-order valence-electron chi connectivity index (χ0n) is 17.5. The Morgan fingerprint density at radius 1 is 1.10 bits per heavy atom. The number of nitrogens with zero attached hydrogens (tertiary/aromatic N) is 1. The molecule has 3 aromatic carbocycles. The number of ether oxygens (including phenoxy) is 1. The van der Waals surface area contributed by atoms with E-state index in [9.17, 15) is 0 Å². The van der Waals surface area contributed by atoms with Gasteiger partial charge < -0.3 is 15.4 Å². The van der Waals surface area contributed by atoms with Crippen molar-refractivity contribution in [3.63, 3.8) is 0 Å². The van der Waals surface area contributed by atoms with E-state index in [1.807, 2.05) is 60.7 Å². The maximum absolute atomic E-state index is 6.64. The molecule has 0 aromatic heterocycles. The minimum Gasteiger partial charge on any atom is -0.457 e. The van der Waals surface area contributed by atoms with Gasteiger partial charge in [-0.25, -0.2) is 0 Å². The van der Waals surface area contributed by atoms with Crippen molar-refractivity contribution in [3.8, 4) is 11.5 Å². The zero-order chi connectivity index (χ0) is 21.8. The second kappa shape index (κ2) is 9.15. The van der Waals surface area contributed by atoms with Gasteiger partial charge in [-0.1, -0.05) is 54.6 Å². The molecule has 3 aromatic rings. The molecule has 3 nitrogen and oxygen atoms in total. The van der Waals surface area contributed by atoms with Crippen LogP contribution in [0.1, 0.15) is 29.2 Å². The lowest BCUT2D eigenvalue weighted by atomic mass is 10.0. The topological polar surface area (TPSA) is 38.5 Å². The third-order valence-electron chi connectivity index (χ3n) is 5.39. The average Bonchev–Trinajstić information content (AvgIpc) is 3.09. The van der Waals surface area contributed by atoms with Gasteiger partial charge in [-0.05, 0) is 77.9 Å². The quantitative estimate of drug-likeness (QED) is 0.430. The number of halogens is 1. The van der Waals surface area contributed by atoms with Gasteiger partial charge in [-0.15, -0.1) is 0 Å². The van der Waals surface area contributed by atoms with Crippen LogP contribution in [-0.2, 0) is 13.1 Å². The first kappa shape index (κ1) is 20.8. The highest BCUT2D eigenvalue weighted by molar-refractivity contribution is 6.32. The molecule has 0 spiro atoms. The summed E-state index contributed by atoms with van der Waals surface area (Å²) in [6.45, 7) is 7.90. The minimum absolute atomic E-state index is 0.732. The monoisotopic (exact) mass is 428 g/mol. The number of hydrogen-bond donors (Lipinski definition) is 1. The summed E-state index contributed by atoms with van der Waals surface area (Å²) in [6.07, 6.45) is 5.34. The number of benzene rings is 3. The van der Waals surface area contributed by atoms with Crippen molar-refractivity contribution in [2.24, 2.45) is 5.73 Å². The maximum atomic E-state index is 6.64. The van der Waals surface area contributed by atoms with Crippen molar-refractivity contribution in [1.82, 2.24) is 4.90 Å². The molecule has 31 heavy (non-hydrogen) atoms. The molecule has 0 saturated heterocycles. The largest absolute Gasteiger partial charge is 0.457 e. The van der Waals surface area contributed by atoms with E-state index < -0.39 is 0 Å². The summed E-state index contributed by atoms with van der Waals surface area (Å²) in [5, 5.41) is 0.732. The Balaban J connectivity index is 1.48. The van der Waals surface area contributed by atoms with Crippen molar-refractivity contribution in [3.05, 3.63) is 119 Å². The molecule has 2 N–H and O–H groups in total. The normalized spacial score (nSPS) is 13.7. The summed E-state index contributed by atoms with van der Waals surface area (Å²) in [5.74, 6) is 1.65. The van der Waals surface area contributed by atoms with Crippen molar-refractivity contribution >= 4 is 22.9 Å². The Kier molecular flexibility index (Phi) is 6.15. The van der Waals surface area contributed by atoms with Gasteiger partial charge in [-0.3, -0.25) is 0 Å². The standard InChI is InChI=1S/C27H25ClN2O/c1-19(7-6-14-29)22-15-23-18-30(20(2)27(23)26(28)16-22)17-21-10-12-25(13-11-21)31-24-8-4-3-5-9-24/h3-16H,2,17-18,29H2,1H3/b14-6-,19-7+. The van der Waals surface area contributed by atoms with Crippen LogP contribution < -0.4 is 10.5 Å². The lowest BCUT2D eigenvalue weighted by Crippen LogP contribution is -2.14. The first-order valence-electron chi connectivity index (χ1n) is 10.2. The first-order chi connectivity index (χ1) is 15.0. The number of fused-ring (bicyclic) bond motifs is 1. The van der Waals surface area contributed by atoms with Gasteiger partial charge >= 0.3 is 0 Å². The molecule has 0 bridgehead atoms.